The lowest BCUT2D eigenvalue weighted by Gasteiger charge is -2.12. The lowest BCUT2D eigenvalue weighted by molar-refractivity contribution is 0.586. The molecule has 4 rings (SSSR count). The summed E-state index contributed by atoms with van der Waals surface area (Å²) < 4.78 is 13.4. The van der Waals surface area contributed by atoms with E-state index in [9.17, 15) is 4.39 Å². The topological polar surface area (TPSA) is 76.7 Å². The van der Waals surface area contributed by atoms with Crippen molar-refractivity contribution in [3.8, 4) is 10.4 Å². The summed E-state index contributed by atoms with van der Waals surface area (Å²) in [6.45, 7) is 2.59. The zero-order valence-corrected chi connectivity index (χ0v) is 16.2. The number of hydrogen-bond acceptors (Lipinski definition) is 6. The third-order valence-electron chi connectivity index (χ3n) is 4.46. The fourth-order valence-electron chi connectivity index (χ4n) is 2.97. The first-order valence-corrected chi connectivity index (χ1v) is 9.81. The molecule has 3 N–H and O–H groups in total. The zero-order chi connectivity index (χ0) is 19.5. The Hall–Kier alpha value is -2.90. The van der Waals surface area contributed by atoms with E-state index in [-0.39, 0.29) is 6.04 Å². The minimum atomic E-state index is -0.478. The third-order valence-corrected chi connectivity index (χ3v) is 5.47. The predicted molar refractivity (Wildman–Crippen MR) is 112 cm³/mol. The van der Waals surface area contributed by atoms with Gasteiger partial charge in [0, 0.05) is 48.3 Å². The minimum absolute atomic E-state index is 0.0343. The Labute approximate surface area is 166 Å². The van der Waals surface area contributed by atoms with Crippen molar-refractivity contribution in [1.82, 2.24) is 15.0 Å². The molecule has 3 aromatic heterocycles. The van der Waals surface area contributed by atoms with E-state index >= 15 is 0 Å². The standard InChI is InChI=1S/C21H20FN5S/c1-13-2-3-14(9-24-13)6-18(23)11-26-21-27-12-19(28-21)15-4-5-16-10-25-20(22)8-17(16)7-15/h2-5,7-10,12,18H,6,11,23H2,1H3,(H,26,27)/t18-/m1/s1. The number of nitrogens with zero attached hydrogens (tertiary/aromatic N) is 3. The van der Waals surface area contributed by atoms with E-state index < -0.39 is 5.95 Å². The quantitative estimate of drug-likeness (QED) is 0.481. The SMILES string of the molecule is Cc1ccc(C[C@@H](N)CNc2ncc(-c3ccc4cnc(F)cc4c3)s2)cn1. The summed E-state index contributed by atoms with van der Waals surface area (Å²) in [6.07, 6.45) is 5.98. The van der Waals surface area contributed by atoms with Gasteiger partial charge in [-0.1, -0.05) is 29.5 Å². The van der Waals surface area contributed by atoms with E-state index in [0.717, 1.165) is 44.0 Å². The molecule has 5 nitrogen and oxygen atoms in total. The van der Waals surface area contributed by atoms with Gasteiger partial charge in [0.15, 0.2) is 5.13 Å². The number of aromatic nitrogens is 3. The molecule has 0 aliphatic rings. The maximum atomic E-state index is 13.4. The van der Waals surface area contributed by atoms with Gasteiger partial charge in [0.2, 0.25) is 5.95 Å². The molecule has 0 bridgehead atoms. The van der Waals surface area contributed by atoms with Crippen molar-refractivity contribution in [2.45, 2.75) is 19.4 Å². The molecule has 0 saturated heterocycles. The number of halogens is 1. The van der Waals surface area contributed by atoms with Crippen LogP contribution in [0.2, 0.25) is 0 Å². The van der Waals surface area contributed by atoms with Crippen LogP contribution in [-0.4, -0.2) is 27.5 Å². The number of aryl methyl sites for hydroxylation is 1. The summed E-state index contributed by atoms with van der Waals surface area (Å²) >= 11 is 1.55. The van der Waals surface area contributed by atoms with Crippen molar-refractivity contribution in [3.63, 3.8) is 0 Å². The van der Waals surface area contributed by atoms with Gasteiger partial charge >= 0.3 is 0 Å². The second kappa shape index (κ2) is 8.00. The fraction of sp³-hybridized carbons (Fsp3) is 0.190. The van der Waals surface area contributed by atoms with Crippen LogP contribution in [0.1, 0.15) is 11.3 Å². The summed E-state index contributed by atoms with van der Waals surface area (Å²) in [5, 5.41) is 5.85. The number of nitrogens with one attached hydrogen (secondary N) is 1. The monoisotopic (exact) mass is 393 g/mol. The molecule has 4 aromatic rings. The van der Waals surface area contributed by atoms with Crippen LogP contribution in [0.5, 0.6) is 0 Å². The van der Waals surface area contributed by atoms with Crippen molar-refractivity contribution >= 4 is 27.2 Å². The van der Waals surface area contributed by atoms with Crippen LogP contribution in [0, 0.1) is 12.9 Å². The first-order chi connectivity index (χ1) is 13.6. The molecule has 7 heteroatoms. The number of hydrogen-bond donors (Lipinski definition) is 2. The van der Waals surface area contributed by atoms with Gasteiger partial charge in [0.25, 0.3) is 0 Å². The zero-order valence-electron chi connectivity index (χ0n) is 15.4. The van der Waals surface area contributed by atoms with Gasteiger partial charge in [0.1, 0.15) is 0 Å². The van der Waals surface area contributed by atoms with Crippen LogP contribution in [-0.2, 0) is 6.42 Å². The molecule has 0 saturated carbocycles. The third kappa shape index (κ3) is 4.32. The van der Waals surface area contributed by atoms with E-state index in [1.54, 1.807) is 17.5 Å². The van der Waals surface area contributed by atoms with E-state index in [1.165, 1.54) is 6.07 Å². The lowest BCUT2D eigenvalue weighted by Crippen LogP contribution is -2.31. The Bertz CT molecular complexity index is 1090. The van der Waals surface area contributed by atoms with Crippen molar-refractivity contribution in [1.29, 1.82) is 0 Å². The average molecular weight is 393 g/mol. The first kappa shape index (κ1) is 18.5. The van der Waals surface area contributed by atoms with Gasteiger partial charge in [-0.15, -0.1) is 0 Å². The molecular weight excluding hydrogens is 373 g/mol. The summed E-state index contributed by atoms with van der Waals surface area (Å²) in [4.78, 5) is 13.4. The molecule has 0 radical (unpaired) electrons. The molecular formula is C21H20FN5S. The highest BCUT2D eigenvalue weighted by Crippen LogP contribution is 2.31. The molecule has 0 aliphatic carbocycles. The Morgan fingerprint density at radius 3 is 2.75 bits per heavy atom. The van der Waals surface area contributed by atoms with Crippen LogP contribution in [0.25, 0.3) is 21.2 Å². The first-order valence-electron chi connectivity index (χ1n) is 8.99. The predicted octanol–water partition coefficient (Wildman–Crippen LogP) is 4.18. The molecule has 3 heterocycles. The molecule has 1 atom stereocenters. The van der Waals surface area contributed by atoms with Crippen molar-refractivity contribution in [2.75, 3.05) is 11.9 Å². The van der Waals surface area contributed by atoms with E-state index in [1.807, 2.05) is 43.6 Å². The second-order valence-electron chi connectivity index (χ2n) is 6.75. The molecule has 0 spiro atoms. The maximum absolute atomic E-state index is 13.4. The lowest BCUT2D eigenvalue weighted by atomic mass is 10.1. The molecule has 0 unspecified atom stereocenters. The number of rotatable bonds is 6. The van der Waals surface area contributed by atoms with Crippen molar-refractivity contribution in [2.24, 2.45) is 5.73 Å². The number of pyridine rings is 2. The van der Waals surface area contributed by atoms with Crippen LogP contribution in [0.4, 0.5) is 9.52 Å². The Morgan fingerprint density at radius 2 is 1.93 bits per heavy atom. The number of benzene rings is 1. The van der Waals surface area contributed by atoms with Gasteiger partial charge in [-0.05, 0) is 42.0 Å². The van der Waals surface area contributed by atoms with Gasteiger partial charge < -0.3 is 11.1 Å². The van der Waals surface area contributed by atoms with Crippen LogP contribution < -0.4 is 11.1 Å². The highest BCUT2D eigenvalue weighted by atomic mass is 32.1. The molecule has 28 heavy (non-hydrogen) atoms. The number of anilines is 1. The fourth-order valence-corrected chi connectivity index (χ4v) is 3.79. The molecule has 142 valence electrons. The Morgan fingerprint density at radius 1 is 1.04 bits per heavy atom. The molecule has 0 aliphatic heterocycles. The van der Waals surface area contributed by atoms with Crippen LogP contribution in [0.3, 0.4) is 0 Å². The summed E-state index contributed by atoms with van der Waals surface area (Å²) in [5.74, 6) is -0.478. The van der Waals surface area contributed by atoms with E-state index in [4.69, 9.17) is 5.73 Å². The Balaban J connectivity index is 1.40. The molecule has 1 aromatic carbocycles. The summed E-state index contributed by atoms with van der Waals surface area (Å²) in [5.41, 5.74) is 9.35. The smallest absolute Gasteiger partial charge is 0.213 e. The minimum Gasteiger partial charge on any atom is -0.360 e. The highest BCUT2D eigenvalue weighted by Gasteiger charge is 2.09. The molecule has 0 fully saturated rings. The summed E-state index contributed by atoms with van der Waals surface area (Å²) in [6, 6.07) is 11.3. The van der Waals surface area contributed by atoms with E-state index in [2.05, 4.69) is 26.3 Å². The second-order valence-corrected chi connectivity index (χ2v) is 7.78. The van der Waals surface area contributed by atoms with Gasteiger partial charge in [-0.3, -0.25) is 4.98 Å². The largest absolute Gasteiger partial charge is 0.360 e. The van der Waals surface area contributed by atoms with Crippen molar-refractivity contribution in [3.05, 3.63) is 72.2 Å². The normalized spacial score (nSPS) is 12.2. The van der Waals surface area contributed by atoms with Crippen LogP contribution >= 0.6 is 11.3 Å². The number of fused-ring (bicyclic) bond motifs is 1. The van der Waals surface area contributed by atoms with Gasteiger partial charge in [-0.25, -0.2) is 9.97 Å². The average Bonchev–Trinajstić information content (AvgIpc) is 3.17. The maximum Gasteiger partial charge on any atom is 0.213 e. The number of nitrogens with two attached hydrogens (primary N) is 1. The molecule has 0 amide bonds. The van der Waals surface area contributed by atoms with Crippen LogP contribution in [0.15, 0.2) is 55.0 Å². The highest BCUT2D eigenvalue weighted by molar-refractivity contribution is 7.18. The van der Waals surface area contributed by atoms with Crippen molar-refractivity contribution < 1.29 is 4.39 Å². The number of thiazole rings is 1. The van der Waals surface area contributed by atoms with E-state index in [0.29, 0.717) is 6.54 Å². The van der Waals surface area contributed by atoms with Gasteiger partial charge in [-0.2, -0.15) is 4.39 Å². The Kier molecular flexibility index (Phi) is 5.27. The summed E-state index contributed by atoms with van der Waals surface area (Å²) in [7, 11) is 0. The van der Waals surface area contributed by atoms with Gasteiger partial charge in [0.05, 0.1) is 4.88 Å².